The predicted molar refractivity (Wildman–Crippen MR) is 102 cm³/mol. The van der Waals surface area contributed by atoms with E-state index in [0.29, 0.717) is 33.8 Å². The van der Waals surface area contributed by atoms with E-state index in [2.05, 4.69) is 16.4 Å². The van der Waals surface area contributed by atoms with Crippen molar-refractivity contribution in [2.45, 2.75) is 6.42 Å². The normalized spacial score (nSPS) is 13.0. The van der Waals surface area contributed by atoms with Crippen molar-refractivity contribution in [3.8, 4) is 17.2 Å². The number of hydrogen-bond acceptors (Lipinski definition) is 3. The summed E-state index contributed by atoms with van der Waals surface area (Å²) in [6.45, 7) is 0. The zero-order valence-corrected chi connectivity index (χ0v) is 14.5. The first kappa shape index (κ1) is 17.6. The zero-order valence-electron chi connectivity index (χ0n) is 14.5. The summed E-state index contributed by atoms with van der Waals surface area (Å²) in [5, 5.41) is 11.9. The monoisotopic (exact) mass is 373 g/mol. The van der Waals surface area contributed by atoms with E-state index in [0.717, 1.165) is 6.07 Å². The van der Waals surface area contributed by atoms with Gasteiger partial charge in [-0.25, -0.2) is 8.78 Å². The Morgan fingerprint density at radius 1 is 1.00 bits per heavy atom. The maximum absolute atomic E-state index is 14.1. The molecule has 0 saturated carbocycles. The van der Waals surface area contributed by atoms with Crippen molar-refractivity contribution in [3.05, 3.63) is 83.4 Å². The summed E-state index contributed by atoms with van der Waals surface area (Å²) in [4.78, 5) is 16.9. The molecule has 4 nitrogen and oxygen atoms in total. The molecule has 1 aliphatic heterocycles. The highest BCUT2D eigenvalue weighted by Gasteiger charge is 2.18. The second-order valence-electron chi connectivity index (χ2n) is 6.33. The van der Waals surface area contributed by atoms with Crippen LogP contribution in [0.4, 0.5) is 20.2 Å². The summed E-state index contributed by atoms with van der Waals surface area (Å²) in [6.07, 6.45) is 0.0454. The van der Waals surface area contributed by atoms with Crippen molar-refractivity contribution in [1.29, 1.82) is 5.26 Å². The van der Waals surface area contributed by atoms with Gasteiger partial charge in [-0.1, -0.05) is 18.2 Å². The molecule has 0 aromatic heterocycles. The second kappa shape index (κ2) is 7.05. The summed E-state index contributed by atoms with van der Waals surface area (Å²) in [5.74, 6) is -1.60. The summed E-state index contributed by atoms with van der Waals surface area (Å²) in [6, 6.07) is 17.3. The molecule has 4 rings (SSSR count). The fraction of sp³-hybridized carbons (Fsp3) is 0.0455. The Balaban J connectivity index is 1.78. The molecule has 0 unspecified atom stereocenters. The summed E-state index contributed by atoms with van der Waals surface area (Å²) >= 11 is 0. The molecule has 0 radical (unpaired) electrons. The van der Waals surface area contributed by atoms with Gasteiger partial charge in [0.15, 0.2) is 0 Å². The molecule has 3 aromatic rings. The van der Waals surface area contributed by atoms with Crippen molar-refractivity contribution in [1.82, 2.24) is 0 Å². The molecular weight excluding hydrogens is 360 g/mol. The van der Waals surface area contributed by atoms with E-state index in [1.54, 1.807) is 42.5 Å². The van der Waals surface area contributed by atoms with Gasteiger partial charge in [0.05, 0.1) is 35.1 Å². The second-order valence-corrected chi connectivity index (χ2v) is 6.33. The maximum Gasteiger partial charge on any atom is 0.230 e. The number of nitrogens with one attached hydrogen (secondary N) is 1. The number of aliphatic imine (C=N–C) groups is 1. The molecule has 6 heteroatoms. The van der Waals surface area contributed by atoms with Gasteiger partial charge in [-0.3, -0.25) is 9.79 Å². The van der Waals surface area contributed by atoms with Gasteiger partial charge >= 0.3 is 0 Å². The Labute approximate surface area is 159 Å². The van der Waals surface area contributed by atoms with E-state index in [9.17, 15) is 13.6 Å². The number of carbonyl (C=O) groups is 1. The predicted octanol–water partition coefficient (Wildman–Crippen LogP) is 4.97. The lowest BCUT2D eigenvalue weighted by atomic mass is 10.0. The number of rotatable bonds is 2. The molecule has 0 fully saturated rings. The number of nitriles is 1. The molecular formula is C22H13F2N3O. The maximum atomic E-state index is 14.1. The van der Waals surface area contributed by atoms with E-state index in [1.165, 1.54) is 12.1 Å². The first-order valence-electron chi connectivity index (χ1n) is 8.51. The molecule has 1 aliphatic rings. The number of amides is 1. The third kappa shape index (κ3) is 3.38. The van der Waals surface area contributed by atoms with Crippen LogP contribution in [0.2, 0.25) is 0 Å². The van der Waals surface area contributed by atoms with Crippen LogP contribution in [0, 0.1) is 23.0 Å². The standard InChI is InChI=1S/C22H13F2N3O/c23-16-5-6-17(18(24)10-16)14-4-7-19-21(9-14)27-22(28)11-20(26-19)15-3-1-2-13(8-15)12-25/h1-10H,11H2,(H,27,28). The molecule has 1 amide bonds. The van der Waals surface area contributed by atoms with E-state index in [-0.39, 0.29) is 17.9 Å². The van der Waals surface area contributed by atoms with Crippen molar-refractivity contribution >= 4 is 23.0 Å². The Hall–Kier alpha value is -3.85. The Bertz CT molecular complexity index is 1180. The highest BCUT2D eigenvalue weighted by atomic mass is 19.1. The fourth-order valence-corrected chi connectivity index (χ4v) is 3.09. The molecule has 28 heavy (non-hydrogen) atoms. The number of benzene rings is 3. The van der Waals surface area contributed by atoms with Crippen LogP contribution in [-0.4, -0.2) is 11.6 Å². The minimum absolute atomic E-state index is 0.0454. The zero-order chi connectivity index (χ0) is 19.7. The lowest BCUT2D eigenvalue weighted by Gasteiger charge is -2.09. The van der Waals surface area contributed by atoms with Crippen molar-refractivity contribution in [2.24, 2.45) is 4.99 Å². The molecule has 136 valence electrons. The summed E-state index contributed by atoms with van der Waals surface area (Å²) in [5.41, 5.74) is 3.40. The van der Waals surface area contributed by atoms with Crippen LogP contribution in [-0.2, 0) is 4.79 Å². The summed E-state index contributed by atoms with van der Waals surface area (Å²) < 4.78 is 27.3. The Morgan fingerprint density at radius 2 is 1.86 bits per heavy atom. The quantitative estimate of drug-likeness (QED) is 0.689. The molecule has 0 saturated heterocycles. The van der Waals surface area contributed by atoms with Crippen molar-refractivity contribution < 1.29 is 13.6 Å². The molecule has 0 aliphatic carbocycles. The van der Waals surface area contributed by atoms with Crippen LogP contribution in [0.15, 0.2) is 65.7 Å². The topological polar surface area (TPSA) is 65.2 Å². The molecule has 0 spiro atoms. The van der Waals surface area contributed by atoms with Gasteiger partial charge in [-0.05, 0) is 47.5 Å². The van der Waals surface area contributed by atoms with Gasteiger partial charge in [0, 0.05) is 11.6 Å². The van der Waals surface area contributed by atoms with Crippen LogP contribution >= 0.6 is 0 Å². The number of hydrogen-bond donors (Lipinski definition) is 1. The molecule has 1 heterocycles. The van der Waals surface area contributed by atoms with Gasteiger partial charge in [-0.2, -0.15) is 5.26 Å². The van der Waals surface area contributed by atoms with Gasteiger partial charge in [0.1, 0.15) is 11.6 Å². The molecule has 1 N–H and O–H groups in total. The highest BCUT2D eigenvalue weighted by Crippen LogP contribution is 2.34. The minimum Gasteiger partial charge on any atom is -0.324 e. The Kier molecular flexibility index (Phi) is 4.42. The van der Waals surface area contributed by atoms with Crippen molar-refractivity contribution in [2.75, 3.05) is 5.32 Å². The number of halogens is 2. The van der Waals surface area contributed by atoms with Crippen LogP contribution < -0.4 is 5.32 Å². The van der Waals surface area contributed by atoms with Crippen LogP contribution in [0.3, 0.4) is 0 Å². The van der Waals surface area contributed by atoms with E-state index in [4.69, 9.17) is 5.26 Å². The van der Waals surface area contributed by atoms with Crippen LogP contribution in [0.5, 0.6) is 0 Å². The molecule has 3 aromatic carbocycles. The fourth-order valence-electron chi connectivity index (χ4n) is 3.09. The first-order valence-corrected chi connectivity index (χ1v) is 8.51. The molecule has 0 atom stereocenters. The number of nitrogens with zero attached hydrogens (tertiary/aromatic N) is 2. The van der Waals surface area contributed by atoms with E-state index < -0.39 is 11.6 Å². The minimum atomic E-state index is -0.683. The van der Waals surface area contributed by atoms with Crippen LogP contribution in [0.25, 0.3) is 11.1 Å². The lowest BCUT2D eigenvalue weighted by molar-refractivity contribution is -0.115. The highest BCUT2D eigenvalue weighted by molar-refractivity contribution is 6.17. The number of anilines is 1. The Morgan fingerprint density at radius 3 is 2.64 bits per heavy atom. The largest absolute Gasteiger partial charge is 0.324 e. The average molecular weight is 373 g/mol. The number of fused-ring (bicyclic) bond motifs is 1. The SMILES string of the molecule is N#Cc1cccc(C2=Nc3ccc(-c4ccc(F)cc4F)cc3NC(=O)C2)c1. The van der Waals surface area contributed by atoms with Gasteiger partial charge in [-0.15, -0.1) is 0 Å². The van der Waals surface area contributed by atoms with Gasteiger partial charge in [0.25, 0.3) is 0 Å². The molecule has 0 bridgehead atoms. The smallest absolute Gasteiger partial charge is 0.230 e. The lowest BCUT2D eigenvalue weighted by Crippen LogP contribution is -2.15. The third-order valence-electron chi connectivity index (χ3n) is 4.42. The van der Waals surface area contributed by atoms with Gasteiger partial charge < -0.3 is 5.32 Å². The first-order chi connectivity index (χ1) is 13.5. The van der Waals surface area contributed by atoms with Gasteiger partial charge in [0.2, 0.25) is 5.91 Å². The third-order valence-corrected chi connectivity index (χ3v) is 4.42. The van der Waals surface area contributed by atoms with E-state index in [1.807, 2.05) is 0 Å². The average Bonchev–Trinajstić information content (AvgIpc) is 2.85. The summed E-state index contributed by atoms with van der Waals surface area (Å²) in [7, 11) is 0. The number of carbonyl (C=O) groups excluding carboxylic acids is 1. The van der Waals surface area contributed by atoms with Crippen molar-refractivity contribution in [3.63, 3.8) is 0 Å². The van der Waals surface area contributed by atoms with Crippen LogP contribution in [0.1, 0.15) is 17.5 Å². The van der Waals surface area contributed by atoms with E-state index >= 15 is 0 Å².